The molecule has 0 spiro atoms. The fourth-order valence-electron chi connectivity index (χ4n) is 3.99. The maximum absolute atomic E-state index is 12.9. The second-order valence-corrected chi connectivity index (χ2v) is 8.66. The number of hydrogen-bond donors (Lipinski definition) is 2. The van der Waals surface area contributed by atoms with Crippen LogP contribution >= 0.6 is 0 Å². The Morgan fingerprint density at radius 1 is 1.03 bits per heavy atom. The summed E-state index contributed by atoms with van der Waals surface area (Å²) in [7, 11) is 0. The second kappa shape index (κ2) is 8.05. The average Bonchev–Trinajstić information content (AvgIpc) is 3.19. The third kappa shape index (κ3) is 4.59. The first-order valence-corrected chi connectivity index (χ1v) is 10.1. The summed E-state index contributed by atoms with van der Waals surface area (Å²) in [6.07, 6.45) is -3.86. The molecule has 1 aromatic rings. The van der Waals surface area contributed by atoms with Crippen LogP contribution in [0.2, 0.25) is 0 Å². The van der Waals surface area contributed by atoms with Crippen molar-refractivity contribution in [3.05, 3.63) is 34.4 Å². The van der Waals surface area contributed by atoms with Crippen molar-refractivity contribution in [2.75, 3.05) is 11.9 Å². The van der Waals surface area contributed by atoms with Crippen LogP contribution in [0.3, 0.4) is 0 Å². The molecule has 1 aromatic carbocycles. The van der Waals surface area contributed by atoms with Gasteiger partial charge in [0, 0.05) is 17.8 Å². The van der Waals surface area contributed by atoms with Crippen molar-refractivity contribution >= 4 is 23.2 Å². The van der Waals surface area contributed by atoms with Gasteiger partial charge in [0.25, 0.3) is 11.6 Å². The average molecular weight is 451 g/mol. The van der Waals surface area contributed by atoms with Crippen molar-refractivity contribution < 1.29 is 38.2 Å². The molecule has 174 valence electrons. The van der Waals surface area contributed by atoms with Gasteiger partial charge in [0.1, 0.15) is 18.3 Å². The molecule has 3 fully saturated rings. The van der Waals surface area contributed by atoms with Crippen molar-refractivity contribution in [2.24, 2.45) is 0 Å². The zero-order valence-corrected chi connectivity index (χ0v) is 18.0. The zero-order chi connectivity index (χ0) is 23.3. The molecular weight excluding hydrogens is 426 g/mol. The molecule has 0 saturated carbocycles. The first kappa shape index (κ1) is 22.6. The Hall–Kier alpha value is -2.64. The molecule has 12 nitrogen and oxygen atoms in total. The standard InChI is InChI=1S/C20H25N3O9/c1-19(2)29-13-14(30-19)16-18(32-20(3,4)31-16)28-15(13)17(25)21-9-12(24)22-10-6-5-7-11(8-10)23(26)27/h5-8,13-16,18H,9H2,1-4H3,(H,21,25)(H,22,24)/t13-,14-,15+,16+,18-/m0/s1. The third-order valence-electron chi connectivity index (χ3n) is 5.18. The van der Waals surface area contributed by atoms with Crippen molar-refractivity contribution in [3.63, 3.8) is 0 Å². The van der Waals surface area contributed by atoms with Gasteiger partial charge in [-0.2, -0.15) is 0 Å². The SMILES string of the molecule is CC1(C)O[C@@H]2O[C@@H](C(=O)NCC(=O)Nc3cccc([N+](=O)[O-])c3)[C@H]3OC(C)(C)O[C@@H]3[C@H]2O1. The summed E-state index contributed by atoms with van der Waals surface area (Å²) in [5, 5.41) is 15.9. The fraction of sp³-hybridized carbons (Fsp3) is 0.600. The summed E-state index contributed by atoms with van der Waals surface area (Å²) in [6, 6.07) is 5.48. The molecule has 2 amide bonds. The van der Waals surface area contributed by atoms with E-state index in [1.165, 1.54) is 24.3 Å². The van der Waals surface area contributed by atoms with Crippen LogP contribution in [-0.4, -0.2) is 65.6 Å². The highest BCUT2D eigenvalue weighted by Gasteiger charge is 2.62. The molecule has 3 aliphatic heterocycles. The first-order valence-electron chi connectivity index (χ1n) is 10.1. The van der Waals surface area contributed by atoms with Crippen LogP contribution in [0.5, 0.6) is 0 Å². The van der Waals surface area contributed by atoms with E-state index in [9.17, 15) is 19.7 Å². The van der Waals surface area contributed by atoms with Crippen LogP contribution in [0.1, 0.15) is 27.7 Å². The van der Waals surface area contributed by atoms with Crippen molar-refractivity contribution in [3.8, 4) is 0 Å². The summed E-state index contributed by atoms with van der Waals surface area (Å²) >= 11 is 0. The van der Waals surface area contributed by atoms with Gasteiger partial charge in [0.05, 0.1) is 11.5 Å². The predicted octanol–water partition coefficient (Wildman–Crippen LogP) is 1.05. The van der Waals surface area contributed by atoms with Gasteiger partial charge in [-0.15, -0.1) is 0 Å². The van der Waals surface area contributed by atoms with Gasteiger partial charge in [0.2, 0.25) is 5.91 Å². The van der Waals surface area contributed by atoms with Crippen LogP contribution in [0, 0.1) is 10.1 Å². The molecule has 4 rings (SSSR count). The van der Waals surface area contributed by atoms with Crippen LogP contribution < -0.4 is 10.6 Å². The Morgan fingerprint density at radius 2 is 1.69 bits per heavy atom. The smallest absolute Gasteiger partial charge is 0.271 e. The zero-order valence-electron chi connectivity index (χ0n) is 18.0. The summed E-state index contributed by atoms with van der Waals surface area (Å²) < 4.78 is 29.3. The number of amides is 2. The molecule has 3 saturated heterocycles. The molecule has 0 bridgehead atoms. The van der Waals surface area contributed by atoms with Crippen LogP contribution in [-0.2, 0) is 33.3 Å². The van der Waals surface area contributed by atoms with Gasteiger partial charge < -0.3 is 34.3 Å². The highest BCUT2D eigenvalue weighted by molar-refractivity contribution is 5.95. The molecule has 0 radical (unpaired) electrons. The molecule has 0 unspecified atom stereocenters. The van der Waals surface area contributed by atoms with E-state index in [4.69, 9.17) is 23.7 Å². The third-order valence-corrected chi connectivity index (χ3v) is 5.18. The summed E-state index contributed by atoms with van der Waals surface area (Å²) in [6.45, 7) is 6.54. The van der Waals surface area contributed by atoms with Crippen molar-refractivity contribution in [2.45, 2.75) is 70.0 Å². The molecule has 12 heteroatoms. The van der Waals surface area contributed by atoms with E-state index in [-0.39, 0.29) is 17.9 Å². The number of non-ortho nitro benzene ring substituents is 1. The highest BCUT2D eigenvalue weighted by Crippen LogP contribution is 2.44. The monoisotopic (exact) mass is 451 g/mol. The minimum atomic E-state index is -1.09. The lowest BCUT2D eigenvalue weighted by Gasteiger charge is -2.36. The van der Waals surface area contributed by atoms with E-state index < -0.39 is 59.0 Å². The quantitative estimate of drug-likeness (QED) is 0.495. The fourth-order valence-corrected chi connectivity index (χ4v) is 3.99. The number of nitro groups is 1. The number of fused-ring (bicyclic) bond motifs is 3. The van der Waals surface area contributed by atoms with Crippen molar-refractivity contribution in [1.82, 2.24) is 5.32 Å². The van der Waals surface area contributed by atoms with E-state index >= 15 is 0 Å². The number of anilines is 1. The van der Waals surface area contributed by atoms with Crippen LogP contribution in [0.25, 0.3) is 0 Å². The number of hydrogen-bond acceptors (Lipinski definition) is 9. The number of ether oxygens (including phenoxy) is 5. The predicted molar refractivity (Wildman–Crippen MR) is 107 cm³/mol. The Balaban J connectivity index is 1.40. The van der Waals surface area contributed by atoms with E-state index in [0.717, 1.165) is 0 Å². The van der Waals surface area contributed by atoms with E-state index in [1.807, 2.05) is 0 Å². The second-order valence-electron chi connectivity index (χ2n) is 8.66. The Kier molecular flexibility index (Phi) is 5.67. The number of rotatable bonds is 5. The largest absolute Gasteiger partial charge is 0.345 e. The minimum absolute atomic E-state index is 0.161. The lowest BCUT2D eigenvalue weighted by Crippen LogP contribution is -2.59. The van der Waals surface area contributed by atoms with Crippen LogP contribution in [0.4, 0.5) is 11.4 Å². The van der Waals surface area contributed by atoms with E-state index in [1.54, 1.807) is 27.7 Å². The van der Waals surface area contributed by atoms with Crippen LogP contribution in [0.15, 0.2) is 24.3 Å². The van der Waals surface area contributed by atoms with Gasteiger partial charge in [0.15, 0.2) is 24.0 Å². The number of nitrogens with one attached hydrogen (secondary N) is 2. The molecule has 5 atom stereocenters. The summed E-state index contributed by atoms with van der Waals surface area (Å²) in [5.41, 5.74) is 0.0778. The lowest BCUT2D eigenvalue weighted by molar-refractivity contribution is -0.384. The molecule has 32 heavy (non-hydrogen) atoms. The van der Waals surface area contributed by atoms with Crippen molar-refractivity contribution in [1.29, 1.82) is 0 Å². The normalized spacial score (nSPS) is 31.9. The van der Waals surface area contributed by atoms with Gasteiger partial charge >= 0.3 is 0 Å². The van der Waals surface area contributed by atoms with Gasteiger partial charge in [-0.25, -0.2) is 0 Å². The number of nitro benzene ring substituents is 1. The Morgan fingerprint density at radius 3 is 2.41 bits per heavy atom. The van der Waals surface area contributed by atoms with E-state index in [0.29, 0.717) is 0 Å². The maximum Gasteiger partial charge on any atom is 0.271 e. The number of carbonyl (C=O) groups is 2. The van der Waals surface area contributed by atoms with Gasteiger partial charge in [-0.3, -0.25) is 19.7 Å². The molecule has 0 aromatic heterocycles. The summed E-state index contributed by atoms with van der Waals surface area (Å²) in [4.78, 5) is 35.4. The molecule has 3 heterocycles. The molecule has 0 aliphatic carbocycles. The maximum atomic E-state index is 12.9. The highest BCUT2D eigenvalue weighted by atomic mass is 16.9. The van der Waals surface area contributed by atoms with Gasteiger partial charge in [-0.1, -0.05) is 6.07 Å². The van der Waals surface area contributed by atoms with E-state index in [2.05, 4.69) is 10.6 Å². The number of benzene rings is 1. The summed E-state index contributed by atoms with van der Waals surface area (Å²) in [5.74, 6) is -3.02. The number of carbonyl (C=O) groups excluding carboxylic acids is 2. The molecule has 3 aliphatic rings. The molecular formula is C20H25N3O9. The first-order chi connectivity index (χ1) is 14.9. The number of nitrogens with zero attached hydrogens (tertiary/aromatic N) is 1. The van der Waals surface area contributed by atoms with Gasteiger partial charge in [-0.05, 0) is 33.8 Å². The lowest BCUT2D eigenvalue weighted by atomic mass is 9.98. The Bertz CT molecular complexity index is 935. The minimum Gasteiger partial charge on any atom is -0.345 e. The molecule has 2 N–H and O–H groups in total. The Labute approximate surface area is 183 Å². The topological polar surface area (TPSA) is 147 Å².